The number of hydrogen-bond donors (Lipinski definition) is 2. The number of piperazine rings is 1. The highest BCUT2D eigenvalue weighted by Crippen LogP contribution is 2.22. The van der Waals surface area contributed by atoms with Crippen molar-refractivity contribution >= 4 is 22.7 Å². The molecule has 2 aliphatic rings. The van der Waals surface area contributed by atoms with Crippen molar-refractivity contribution in [2.24, 2.45) is 0 Å². The highest BCUT2D eigenvalue weighted by atomic mass is 16.5. The minimum absolute atomic E-state index is 0.0252. The molecule has 5 rings (SSSR count). The van der Waals surface area contributed by atoms with Gasteiger partial charge < -0.3 is 24.6 Å². The molecule has 2 saturated heterocycles. The zero-order valence-electron chi connectivity index (χ0n) is 17.4. The molecule has 3 heterocycles. The van der Waals surface area contributed by atoms with Crippen molar-refractivity contribution in [2.75, 3.05) is 39.4 Å². The summed E-state index contributed by atoms with van der Waals surface area (Å²) in [5, 5.41) is 11.1. The van der Waals surface area contributed by atoms with Gasteiger partial charge in [-0.3, -0.25) is 14.4 Å². The molecule has 0 bridgehead atoms. The highest BCUT2D eigenvalue weighted by Gasteiger charge is 2.46. The predicted molar refractivity (Wildman–Crippen MR) is 118 cm³/mol. The molecule has 0 spiro atoms. The molecule has 164 valence electrons. The third-order valence-electron chi connectivity index (χ3n) is 6.13. The lowest BCUT2D eigenvalue weighted by molar-refractivity contribution is -0.201. The number of nitrogens with zero attached hydrogens (tertiary/aromatic N) is 2. The first-order valence-electron chi connectivity index (χ1n) is 10.6. The molecule has 0 unspecified atom stereocenters. The van der Waals surface area contributed by atoms with E-state index in [1.54, 1.807) is 34.1 Å². The van der Waals surface area contributed by atoms with Crippen molar-refractivity contribution in [3.8, 4) is 11.1 Å². The number of aliphatic hydroxyl groups is 1. The Morgan fingerprint density at radius 1 is 0.938 bits per heavy atom. The van der Waals surface area contributed by atoms with Crippen LogP contribution < -0.4 is 5.56 Å². The number of ether oxygens (including phenoxy) is 1. The van der Waals surface area contributed by atoms with Crippen LogP contribution in [0.15, 0.2) is 59.4 Å². The number of amides is 2. The van der Waals surface area contributed by atoms with Gasteiger partial charge in [-0.05, 0) is 35.2 Å². The first kappa shape index (κ1) is 20.4. The van der Waals surface area contributed by atoms with Crippen molar-refractivity contribution in [3.05, 3.63) is 70.5 Å². The van der Waals surface area contributed by atoms with Crippen molar-refractivity contribution in [2.45, 2.75) is 5.60 Å². The Morgan fingerprint density at radius 2 is 1.59 bits per heavy atom. The lowest BCUT2D eigenvalue weighted by Gasteiger charge is -2.42. The number of fused-ring (bicyclic) bond motifs is 1. The second-order valence-electron chi connectivity index (χ2n) is 8.29. The summed E-state index contributed by atoms with van der Waals surface area (Å²) in [5.41, 5.74) is 0.997. The van der Waals surface area contributed by atoms with Gasteiger partial charge in [-0.25, -0.2) is 0 Å². The molecular weight excluding hydrogens is 410 g/mol. The molecule has 8 nitrogen and oxygen atoms in total. The number of carbonyl (C=O) groups is 2. The minimum atomic E-state index is -1.41. The van der Waals surface area contributed by atoms with Gasteiger partial charge >= 0.3 is 0 Å². The summed E-state index contributed by atoms with van der Waals surface area (Å²) in [5.74, 6) is -0.456. The number of aromatic nitrogens is 1. The fourth-order valence-corrected chi connectivity index (χ4v) is 4.16. The van der Waals surface area contributed by atoms with Crippen LogP contribution in [0.25, 0.3) is 22.0 Å². The van der Waals surface area contributed by atoms with Crippen LogP contribution in [-0.4, -0.2) is 76.7 Å². The van der Waals surface area contributed by atoms with E-state index in [2.05, 4.69) is 4.98 Å². The molecule has 3 aromatic rings. The van der Waals surface area contributed by atoms with Crippen LogP contribution >= 0.6 is 0 Å². The number of pyridine rings is 1. The topological polar surface area (TPSA) is 103 Å². The number of nitrogens with one attached hydrogen (secondary N) is 1. The normalized spacial score (nSPS) is 17.8. The molecule has 0 radical (unpaired) electrons. The summed E-state index contributed by atoms with van der Waals surface area (Å²) in [6.07, 6.45) is 0. The number of carbonyl (C=O) groups excluding carboxylic acids is 2. The number of para-hydroxylation sites is 1. The van der Waals surface area contributed by atoms with Crippen LogP contribution in [-0.2, 0) is 9.53 Å². The van der Waals surface area contributed by atoms with Gasteiger partial charge in [-0.2, -0.15) is 0 Å². The van der Waals surface area contributed by atoms with E-state index in [1.165, 1.54) is 0 Å². The van der Waals surface area contributed by atoms with Crippen molar-refractivity contribution in [3.63, 3.8) is 0 Å². The molecule has 2 N–H and O–H groups in total. The summed E-state index contributed by atoms with van der Waals surface area (Å²) >= 11 is 0. The zero-order valence-corrected chi connectivity index (χ0v) is 17.4. The monoisotopic (exact) mass is 433 g/mol. The lowest BCUT2D eigenvalue weighted by Crippen LogP contribution is -2.64. The highest BCUT2D eigenvalue weighted by molar-refractivity contribution is 5.95. The van der Waals surface area contributed by atoms with Gasteiger partial charge in [0.05, 0.1) is 13.2 Å². The average Bonchev–Trinajstić information content (AvgIpc) is 2.81. The molecule has 2 amide bonds. The van der Waals surface area contributed by atoms with Crippen LogP contribution in [0.2, 0.25) is 0 Å². The SMILES string of the molecule is O=C(c1ccc(-c2cc3ccccc3[nH]c2=O)cc1)N1CCN(C(=O)C2(O)COC2)CC1. The van der Waals surface area contributed by atoms with Crippen LogP contribution in [0.5, 0.6) is 0 Å². The number of aromatic amines is 1. The van der Waals surface area contributed by atoms with Gasteiger partial charge in [0.25, 0.3) is 17.4 Å². The summed E-state index contributed by atoms with van der Waals surface area (Å²) in [4.78, 5) is 44.0. The first-order chi connectivity index (χ1) is 15.4. The molecule has 0 aliphatic carbocycles. The van der Waals surface area contributed by atoms with Crippen LogP contribution in [0.4, 0.5) is 0 Å². The average molecular weight is 433 g/mol. The van der Waals surface area contributed by atoms with E-state index in [1.807, 2.05) is 30.3 Å². The number of benzene rings is 2. The van der Waals surface area contributed by atoms with Gasteiger partial charge in [0.15, 0.2) is 5.60 Å². The standard InChI is InChI=1S/C24H23N3O5/c28-21-19(13-18-3-1-2-4-20(18)25-21)16-5-7-17(8-6-16)22(29)26-9-11-27(12-10-26)23(30)24(31)14-32-15-24/h1-8,13,31H,9-12,14-15H2,(H,25,28). The zero-order chi connectivity index (χ0) is 22.3. The third-order valence-corrected chi connectivity index (χ3v) is 6.13. The van der Waals surface area contributed by atoms with Gasteiger partial charge in [0.1, 0.15) is 0 Å². The second-order valence-corrected chi connectivity index (χ2v) is 8.29. The maximum Gasteiger partial charge on any atom is 0.259 e. The molecule has 2 aromatic carbocycles. The van der Waals surface area contributed by atoms with Crippen molar-refractivity contribution in [1.82, 2.24) is 14.8 Å². The fraction of sp³-hybridized carbons (Fsp3) is 0.292. The van der Waals surface area contributed by atoms with E-state index in [0.29, 0.717) is 37.3 Å². The van der Waals surface area contributed by atoms with E-state index in [-0.39, 0.29) is 30.6 Å². The van der Waals surface area contributed by atoms with Crippen LogP contribution in [0, 0.1) is 0 Å². The van der Waals surface area contributed by atoms with Crippen LogP contribution in [0.1, 0.15) is 10.4 Å². The molecule has 32 heavy (non-hydrogen) atoms. The van der Waals surface area contributed by atoms with Gasteiger partial charge in [-0.15, -0.1) is 0 Å². The number of hydrogen-bond acceptors (Lipinski definition) is 5. The largest absolute Gasteiger partial charge is 0.376 e. The molecular formula is C24H23N3O5. The van der Waals surface area contributed by atoms with Crippen molar-refractivity contribution < 1.29 is 19.4 Å². The Kier molecular flexibility index (Phi) is 5.03. The maximum absolute atomic E-state index is 12.9. The Balaban J connectivity index is 1.28. The third kappa shape index (κ3) is 3.57. The first-order valence-corrected chi connectivity index (χ1v) is 10.6. The summed E-state index contributed by atoms with van der Waals surface area (Å²) < 4.78 is 4.95. The summed E-state index contributed by atoms with van der Waals surface area (Å²) in [7, 11) is 0. The van der Waals surface area contributed by atoms with Gasteiger partial charge in [0.2, 0.25) is 0 Å². The molecule has 0 saturated carbocycles. The lowest BCUT2D eigenvalue weighted by atomic mass is 10.00. The smallest absolute Gasteiger partial charge is 0.259 e. The Hall–Kier alpha value is -3.49. The van der Waals surface area contributed by atoms with Gasteiger partial charge in [0, 0.05) is 42.8 Å². The summed E-state index contributed by atoms with van der Waals surface area (Å²) in [6.45, 7) is 1.59. The minimum Gasteiger partial charge on any atom is -0.376 e. The number of H-pyrrole nitrogens is 1. The fourth-order valence-electron chi connectivity index (χ4n) is 4.16. The number of rotatable bonds is 3. The molecule has 2 aliphatic heterocycles. The second kappa shape index (κ2) is 7.89. The van der Waals surface area contributed by atoms with Crippen LogP contribution in [0.3, 0.4) is 0 Å². The Morgan fingerprint density at radius 3 is 2.25 bits per heavy atom. The molecule has 0 atom stereocenters. The Labute approximate surface area is 184 Å². The van der Waals surface area contributed by atoms with E-state index >= 15 is 0 Å². The quantitative estimate of drug-likeness (QED) is 0.647. The molecule has 2 fully saturated rings. The molecule has 1 aromatic heterocycles. The van der Waals surface area contributed by atoms with E-state index in [0.717, 1.165) is 16.5 Å². The van der Waals surface area contributed by atoms with Gasteiger partial charge in [-0.1, -0.05) is 30.3 Å². The summed E-state index contributed by atoms with van der Waals surface area (Å²) in [6, 6.07) is 16.4. The Bertz CT molecular complexity index is 1240. The van der Waals surface area contributed by atoms with Crippen molar-refractivity contribution in [1.29, 1.82) is 0 Å². The van der Waals surface area contributed by atoms with E-state index in [4.69, 9.17) is 4.74 Å². The van der Waals surface area contributed by atoms with E-state index < -0.39 is 5.60 Å². The maximum atomic E-state index is 12.9. The molecule has 8 heteroatoms. The van der Waals surface area contributed by atoms with E-state index in [9.17, 15) is 19.5 Å². The predicted octanol–water partition coefficient (Wildman–Crippen LogP) is 1.24.